The average molecular weight is 664 g/mol. The lowest BCUT2D eigenvalue weighted by Gasteiger charge is -2.27. The monoisotopic (exact) mass is 663 g/mol. The van der Waals surface area contributed by atoms with E-state index in [0.29, 0.717) is 5.56 Å². The molecule has 47 heavy (non-hydrogen) atoms. The van der Waals surface area contributed by atoms with Gasteiger partial charge >= 0.3 is 5.97 Å². The molecule has 0 spiro atoms. The average Bonchev–Trinajstić information content (AvgIpc) is 2.97. The van der Waals surface area contributed by atoms with Crippen LogP contribution < -0.4 is 38.1 Å². The number of hydrogen-bond acceptors (Lipinski definition) is 9. The summed E-state index contributed by atoms with van der Waals surface area (Å²) in [5.74, 6) is -6.00. The van der Waals surface area contributed by atoms with E-state index in [0.717, 1.165) is 0 Å². The molecule has 6 amide bonds. The number of phenols is 1. The predicted octanol–water partition coefficient (Wildman–Crippen LogP) is -1.22. The number of nitrogens with two attached hydrogens (primary N) is 2. The van der Waals surface area contributed by atoms with Crippen molar-refractivity contribution in [3.8, 4) is 5.75 Å². The normalized spacial score (nSPS) is 14.2. The van der Waals surface area contributed by atoms with Crippen LogP contribution in [0.3, 0.4) is 0 Å². The van der Waals surface area contributed by atoms with Crippen molar-refractivity contribution < 1.29 is 43.8 Å². The van der Waals surface area contributed by atoms with E-state index < -0.39 is 78.0 Å². The summed E-state index contributed by atoms with van der Waals surface area (Å²) in [5, 5.41) is 31.0. The Hall–Kier alpha value is -4.73. The van der Waals surface area contributed by atoms with Gasteiger partial charge in [-0.1, -0.05) is 39.8 Å². The van der Waals surface area contributed by atoms with Crippen LogP contribution in [0.25, 0.3) is 0 Å². The maximum Gasteiger partial charge on any atom is 0.305 e. The van der Waals surface area contributed by atoms with E-state index in [4.69, 9.17) is 16.6 Å². The molecule has 0 fully saturated rings. The summed E-state index contributed by atoms with van der Waals surface area (Å²) in [5.41, 5.74) is 12.0. The van der Waals surface area contributed by atoms with E-state index >= 15 is 0 Å². The van der Waals surface area contributed by atoms with Gasteiger partial charge in [0.1, 0.15) is 29.9 Å². The SMILES string of the molecule is CNC(=O)[C@H](CC(=O)O)NC(=O)[C@H](CCC(N)=O)NC(=O)[C@H](CC(C)C)NC(=O)[C@H](CC(C)C)NC(=O)[C@@H](N)Cc1ccc(O)cc1. The van der Waals surface area contributed by atoms with Crippen molar-refractivity contribution in [2.75, 3.05) is 7.05 Å². The van der Waals surface area contributed by atoms with Gasteiger partial charge in [-0.2, -0.15) is 0 Å². The van der Waals surface area contributed by atoms with Gasteiger partial charge in [-0.25, -0.2) is 0 Å². The molecule has 0 heterocycles. The number of hydrogen-bond donors (Lipinski definition) is 9. The van der Waals surface area contributed by atoms with Crippen LogP contribution in [0.2, 0.25) is 0 Å². The van der Waals surface area contributed by atoms with Crippen LogP contribution in [0.5, 0.6) is 5.75 Å². The summed E-state index contributed by atoms with van der Waals surface area (Å²) in [6.07, 6.45) is -0.848. The largest absolute Gasteiger partial charge is 0.508 e. The second-order valence-corrected chi connectivity index (χ2v) is 12.2. The molecule has 262 valence electrons. The smallest absolute Gasteiger partial charge is 0.305 e. The van der Waals surface area contributed by atoms with Gasteiger partial charge in [0, 0.05) is 13.5 Å². The predicted molar refractivity (Wildman–Crippen MR) is 171 cm³/mol. The number of carboxylic acid groups (broad SMARTS) is 1. The third-order valence-electron chi connectivity index (χ3n) is 6.98. The van der Waals surface area contributed by atoms with Gasteiger partial charge < -0.3 is 48.3 Å². The zero-order valence-corrected chi connectivity index (χ0v) is 27.5. The minimum Gasteiger partial charge on any atom is -0.508 e. The van der Waals surface area contributed by atoms with Crippen molar-refractivity contribution in [1.82, 2.24) is 26.6 Å². The number of aromatic hydroxyl groups is 1. The fourth-order valence-corrected chi connectivity index (χ4v) is 4.59. The van der Waals surface area contributed by atoms with E-state index in [1.54, 1.807) is 26.0 Å². The zero-order valence-electron chi connectivity index (χ0n) is 27.5. The highest BCUT2D eigenvalue weighted by molar-refractivity contribution is 5.96. The number of amides is 6. The van der Waals surface area contributed by atoms with E-state index in [9.17, 15) is 38.7 Å². The molecule has 0 radical (unpaired) electrons. The van der Waals surface area contributed by atoms with Gasteiger partial charge in [0.25, 0.3) is 0 Å². The molecule has 0 aliphatic rings. The molecule has 0 aliphatic carbocycles. The summed E-state index contributed by atoms with van der Waals surface area (Å²) in [6, 6.07) is 0.0415. The number of aliphatic carboxylic acids is 1. The lowest BCUT2D eigenvalue weighted by Crippen LogP contribution is -2.59. The second-order valence-electron chi connectivity index (χ2n) is 12.2. The van der Waals surface area contributed by atoms with E-state index in [-0.39, 0.29) is 49.7 Å². The first kappa shape index (κ1) is 40.3. The number of carboxylic acids is 1. The molecule has 0 saturated heterocycles. The molecule has 0 aromatic heterocycles. The van der Waals surface area contributed by atoms with Crippen LogP contribution in [-0.2, 0) is 40.0 Å². The first-order valence-electron chi connectivity index (χ1n) is 15.4. The summed E-state index contributed by atoms with van der Waals surface area (Å²) >= 11 is 0. The highest BCUT2D eigenvalue weighted by Gasteiger charge is 2.33. The number of primary amides is 1. The fraction of sp³-hybridized carbons (Fsp3) is 0.581. The number of carbonyl (C=O) groups is 7. The third kappa shape index (κ3) is 15.4. The van der Waals surface area contributed by atoms with E-state index in [2.05, 4.69) is 26.6 Å². The maximum atomic E-state index is 13.5. The second kappa shape index (κ2) is 19.7. The van der Waals surface area contributed by atoms with Crippen LogP contribution in [0, 0.1) is 11.8 Å². The molecule has 1 aromatic carbocycles. The Morgan fingerprint density at radius 2 is 1.15 bits per heavy atom. The van der Waals surface area contributed by atoms with Crippen molar-refractivity contribution in [3.05, 3.63) is 29.8 Å². The topological polar surface area (TPSA) is 272 Å². The lowest BCUT2D eigenvalue weighted by atomic mass is 9.99. The van der Waals surface area contributed by atoms with Crippen LogP contribution in [0.1, 0.15) is 65.4 Å². The Balaban J connectivity index is 3.16. The Bertz CT molecular complexity index is 1250. The molecule has 1 rings (SSSR count). The first-order chi connectivity index (χ1) is 21.9. The standard InChI is InChI=1S/C31H49N7O9/c1-16(2)12-22(36-27(43)20(32)14-18-6-8-19(39)9-7-18)31(47)37-23(13-17(3)4)30(46)35-21(10-11-25(33)40)29(45)38-24(15-26(41)42)28(44)34-5/h6-9,16-17,20-24,39H,10-15,32H2,1-5H3,(H2,33,40)(H,34,44)(H,35,46)(H,36,43)(H,37,47)(H,38,45)(H,41,42)/t20-,21-,22-,23-,24-/m0/s1. The minimum atomic E-state index is -1.47. The van der Waals surface area contributed by atoms with Crippen molar-refractivity contribution in [2.24, 2.45) is 23.3 Å². The first-order valence-corrected chi connectivity index (χ1v) is 15.4. The molecule has 11 N–H and O–H groups in total. The van der Waals surface area contributed by atoms with Crippen LogP contribution in [-0.4, -0.2) is 88.9 Å². The molecule has 0 unspecified atom stereocenters. The van der Waals surface area contributed by atoms with Crippen molar-refractivity contribution in [1.29, 1.82) is 0 Å². The zero-order chi connectivity index (χ0) is 35.8. The van der Waals surface area contributed by atoms with Gasteiger partial charge in [0.05, 0.1) is 12.5 Å². The Morgan fingerprint density at radius 3 is 1.60 bits per heavy atom. The third-order valence-corrected chi connectivity index (χ3v) is 6.98. The van der Waals surface area contributed by atoms with Crippen LogP contribution in [0.4, 0.5) is 0 Å². The van der Waals surface area contributed by atoms with Gasteiger partial charge in [0.15, 0.2) is 0 Å². The molecular formula is C31H49N7O9. The molecule has 0 aliphatic heterocycles. The maximum absolute atomic E-state index is 13.5. The lowest BCUT2D eigenvalue weighted by molar-refractivity contribution is -0.141. The van der Waals surface area contributed by atoms with E-state index in [1.165, 1.54) is 19.2 Å². The summed E-state index contributed by atoms with van der Waals surface area (Å²) in [4.78, 5) is 88.0. The Kier molecular flexibility index (Phi) is 16.9. The molecule has 5 atom stereocenters. The molecular weight excluding hydrogens is 614 g/mol. The number of benzene rings is 1. The number of likely N-dealkylation sites (N-methyl/N-ethyl adjacent to an activating group) is 1. The summed E-state index contributed by atoms with van der Waals surface area (Å²) < 4.78 is 0. The fourth-order valence-electron chi connectivity index (χ4n) is 4.59. The van der Waals surface area contributed by atoms with Gasteiger partial charge in [-0.05, 0) is 55.2 Å². The van der Waals surface area contributed by atoms with Gasteiger partial charge in [0.2, 0.25) is 35.4 Å². The van der Waals surface area contributed by atoms with Gasteiger partial charge in [-0.3, -0.25) is 33.6 Å². The van der Waals surface area contributed by atoms with Crippen molar-refractivity contribution in [2.45, 2.75) is 96.4 Å². The van der Waals surface area contributed by atoms with Gasteiger partial charge in [-0.15, -0.1) is 0 Å². The van der Waals surface area contributed by atoms with Crippen molar-refractivity contribution >= 4 is 41.4 Å². The number of phenolic OH excluding ortho intramolecular Hbond substituents is 1. The number of rotatable bonds is 20. The quantitative estimate of drug-likeness (QED) is 0.0802. The van der Waals surface area contributed by atoms with Crippen LogP contribution >= 0.6 is 0 Å². The summed E-state index contributed by atoms with van der Waals surface area (Å²) in [6.45, 7) is 7.30. The van der Waals surface area contributed by atoms with Crippen LogP contribution in [0.15, 0.2) is 24.3 Å². The highest BCUT2D eigenvalue weighted by atomic mass is 16.4. The minimum absolute atomic E-state index is 0.0438. The van der Waals surface area contributed by atoms with E-state index in [1.807, 2.05) is 13.8 Å². The highest BCUT2D eigenvalue weighted by Crippen LogP contribution is 2.13. The Morgan fingerprint density at radius 1 is 0.702 bits per heavy atom. The number of carbonyl (C=O) groups excluding carboxylic acids is 6. The Labute approximate surface area is 274 Å². The van der Waals surface area contributed by atoms with Crippen molar-refractivity contribution in [3.63, 3.8) is 0 Å². The summed E-state index contributed by atoms with van der Waals surface area (Å²) in [7, 11) is 1.26. The molecule has 0 saturated carbocycles. The molecule has 0 bridgehead atoms. The molecule has 16 heteroatoms. The molecule has 16 nitrogen and oxygen atoms in total. The molecule has 1 aromatic rings. The number of nitrogens with one attached hydrogen (secondary N) is 5.